The summed E-state index contributed by atoms with van der Waals surface area (Å²) in [5, 5.41) is 15.6. The summed E-state index contributed by atoms with van der Waals surface area (Å²) in [7, 11) is 2.99. The third-order valence-electron chi connectivity index (χ3n) is 2.33. The average molecular weight is 316 g/mol. The fourth-order valence-electron chi connectivity index (χ4n) is 1.43. The maximum absolute atomic E-state index is 5.99. The van der Waals surface area contributed by atoms with E-state index in [1.54, 1.807) is 12.1 Å². The van der Waals surface area contributed by atoms with Crippen LogP contribution in [0.5, 0.6) is 0 Å². The van der Waals surface area contributed by atoms with E-state index in [9.17, 15) is 0 Å². The summed E-state index contributed by atoms with van der Waals surface area (Å²) in [5.74, 6) is 0.361. The van der Waals surface area contributed by atoms with Crippen LogP contribution in [0.15, 0.2) is 38.8 Å². The summed E-state index contributed by atoms with van der Waals surface area (Å²) in [6.07, 6.45) is 1.00. The molecule has 0 radical (unpaired) electrons. The van der Waals surface area contributed by atoms with E-state index >= 15 is 0 Å². The zero-order valence-electron chi connectivity index (χ0n) is 11.2. The molecule has 0 spiro atoms. The van der Waals surface area contributed by atoms with Crippen LogP contribution in [-0.2, 0) is 4.84 Å². The lowest BCUT2D eigenvalue weighted by molar-refractivity contribution is 0.213. The number of nitrogens with zero attached hydrogens (tertiary/aromatic N) is 4. The normalized spacial score (nSPS) is 13.0. The fourth-order valence-corrected chi connectivity index (χ4v) is 1.73. The monoisotopic (exact) mass is 315 g/mol. The maximum atomic E-state index is 5.99. The van der Waals surface area contributed by atoms with Crippen LogP contribution in [0.25, 0.3) is 0 Å². The molecule has 8 heteroatoms. The summed E-state index contributed by atoms with van der Waals surface area (Å²) in [4.78, 5) is 4.83. The van der Waals surface area contributed by atoms with Crippen LogP contribution in [0.4, 0.5) is 0 Å². The van der Waals surface area contributed by atoms with Crippen molar-refractivity contribution in [2.24, 2.45) is 26.3 Å². The van der Waals surface area contributed by atoms with Gasteiger partial charge in [0.15, 0.2) is 0 Å². The van der Waals surface area contributed by atoms with E-state index in [1.807, 2.05) is 6.07 Å². The number of hydrogen-bond acceptors (Lipinski definition) is 4. The van der Waals surface area contributed by atoms with Crippen molar-refractivity contribution in [2.45, 2.75) is 12.8 Å². The second-order valence-corrected chi connectivity index (χ2v) is 4.54. The first-order valence-corrected chi connectivity index (χ1v) is 6.50. The Bertz CT molecular complexity index is 543. The van der Waals surface area contributed by atoms with Crippen LogP contribution in [-0.4, -0.2) is 25.7 Å². The summed E-state index contributed by atoms with van der Waals surface area (Å²) in [6.45, 7) is 0. The van der Waals surface area contributed by atoms with Crippen LogP contribution in [0.1, 0.15) is 18.4 Å². The Morgan fingerprint density at radius 3 is 2.60 bits per heavy atom. The Kier molecular flexibility index (Phi) is 6.97. The molecule has 0 aromatic heterocycles. The molecular weight excluding hydrogens is 301 g/mol. The molecule has 0 amide bonds. The van der Waals surface area contributed by atoms with Gasteiger partial charge in [-0.2, -0.15) is 5.11 Å². The van der Waals surface area contributed by atoms with Crippen LogP contribution in [0.2, 0.25) is 10.0 Å². The predicted octanol–water partition coefficient (Wildman–Crippen LogP) is 3.48. The molecule has 0 heterocycles. The van der Waals surface area contributed by atoms with Crippen molar-refractivity contribution in [2.75, 3.05) is 14.2 Å². The molecule has 20 heavy (non-hydrogen) atoms. The third-order valence-corrected chi connectivity index (χ3v) is 3.07. The fraction of sp³-hybridized carbons (Fsp3) is 0.333. The Hall–Kier alpha value is -1.66. The van der Waals surface area contributed by atoms with Crippen LogP contribution < -0.4 is 5.73 Å². The molecule has 0 bridgehead atoms. The van der Waals surface area contributed by atoms with Crippen molar-refractivity contribution in [3.63, 3.8) is 0 Å². The van der Waals surface area contributed by atoms with Gasteiger partial charge in [-0.3, -0.25) is 0 Å². The SMILES string of the molecule is CN=N/N=C(\N)CC/C(=N\OC)c1ccc(Cl)c(Cl)c1. The third kappa shape index (κ3) is 5.14. The Morgan fingerprint density at radius 1 is 1.25 bits per heavy atom. The van der Waals surface area contributed by atoms with E-state index in [0.717, 1.165) is 5.56 Å². The quantitative estimate of drug-likeness (QED) is 0.377. The topological polar surface area (TPSA) is 84.7 Å². The summed E-state index contributed by atoms with van der Waals surface area (Å²) in [5.41, 5.74) is 7.19. The van der Waals surface area contributed by atoms with Gasteiger partial charge in [0, 0.05) is 18.4 Å². The first kappa shape index (κ1) is 16.4. The van der Waals surface area contributed by atoms with Gasteiger partial charge in [0.1, 0.15) is 12.9 Å². The van der Waals surface area contributed by atoms with Gasteiger partial charge in [-0.05, 0) is 17.4 Å². The number of amidine groups is 1. The highest BCUT2D eigenvalue weighted by atomic mass is 35.5. The molecule has 6 nitrogen and oxygen atoms in total. The lowest BCUT2D eigenvalue weighted by atomic mass is 10.1. The average Bonchev–Trinajstić information content (AvgIpc) is 2.44. The van der Waals surface area contributed by atoms with Crippen molar-refractivity contribution in [3.8, 4) is 0 Å². The van der Waals surface area contributed by atoms with E-state index in [2.05, 4.69) is 20.6 Å². The smallest absolute Gasteiger partial charge is 0.124 e. The summed E-state index contributed by atoms with van der Waals surface area (Å²) in [6, 6.07) is 5.24. The zero-order valence-corrected chi connectivity index (χ0v) is 12.7. The number of oxime groups is 1. The number of hydrogen-bond donors (Lipinski definition) is 1. The zero-order chi connectivity index (χ0) is 15.0. The molecule has 0 saturated heterocycles. The van der Waals surface area contributed by atoms with Crippen LogP contribution in [0, 0.1) is 0 Å². The number of rotatable bonds is 6. The van der Waals surface area contributed by atoms with E-state index in [0.29, 0.717) is 34.4 Å². The molecule has 2 N–H and O–H groups in total. The van der Waals surface area contributed by atoms with Gasteiger partial charge in [-0.25, -0.2) is 0 Å². The Balaban J connectivity index is 2.85. The van der Waals surface area contributed by atoms with Crippen molar-refractivity contribution < 1.29 is 4.84 Å². The molecule has 0 aliphatic heterocycles. The molecule has 0 aliphatic carbocycles. The molecule has 0 aliphatic rings. The molecule has 0 saturated carbocycles. The van der Waals surface area contributed by atoms with Crippen molar-refractivity contribution in [1.82, 2.24) is 0 Å². The predicted molar refractivity (Wildman–Crippen MR) is 81.6 cm³/mol. The van der Waals surface area contributed by atoms with Gasteiger partial charge in [-0.1, -0.05) is 34.4 Å². The number of halogens is 2. The number of nitrogens with two attached hydrogens (primary N) is 1. The molecular formula is C12H15Cl2N5O. The van der Waals surface area contributed by atoms with Crippen LogP contribution >= 0.6 is 23.2 Å². The maximum Gasteiger partial charge on any atom is 0.124 e. The van der Waals surface area contributed by atoms with Gasteiger partial charge < -0.3 is 10.6 Å². The van der Waals surface area contributed by atoms with E-state index < -0.39 is 0 Å². The van der Waals surface area contributed by atoms with Crippen molar-refractivity contribution in [1.29, 1.82) is 0 Å². The van der Waals surface area contributed by atoms with Crippen molar-refractivity contribution >= 4 is 34.7 Å². The molecule has 0 unspecified atom stereocenters. The molecule has 1 rings (SSSR count). The Labute approximate surface area is 127 Å². The summed E-state index contributed by atoms with van der Waals surface area (Å²) >= 11 is 11.9. The highest BCUT2D eigenvalue weighted by molar-refractivity contribution is 6.42. The molecule has 0 fully saturated rings. The van der Waals surface area contributed by atoms with E-state index in [-0.39, 0.29) is 0 Å². The first-order valence-electron chi connectivity index (χ1n) is 5.75. The standard InChI is InChI=1S/C12H15Cl2N5O/c1-16-19-17-12(15)6-5-11(18-20-2)8-3-4-9(13)10(14)7-8/h3-4,7H,5-6H2,1-2H3,(H2,15,16,17)/b18-11+. The summed E-state index contributed by atoms with van der Waals surface area (Å²) < 4.78 is 0. The van der Waals surface area contributed by atoms with Gasteiger partial charge >= 0.3 is 0 Å². The molecule has 108 valence electrons. The van der Waals surface area contributed by atoms with Crippen LogP contribution in [0.3, 0.4) is 0 Å². The van der Waals surface area contributed by atoms with Gasteiger partial charge in [-0.15, -0.1) is 5.10 Å². The van der Waals surface area contributed by atoms with Gasteiger partial charge in [0.2, 0.25) is 0 Å². The number of benzene rings is 1. The van der Waals surface area contributed by atoms with E-state index in [1.165, 1.54) is 14.2 Å². The molecule has 1 aromatic rings. The lowest BCUT2D eigenvalue weighted by Crippen LogP contribution is -2.14. The van der Waals surface area contributed by atoms with Gasteiger partial charge in [0.25, 0.3) is 0 Å². The van der Waals surface area contributed by atoms with Crippen molar-refractivity contribution in [3.05, 3.63) is 33.8 Å². The minimum atomic E-state index is 0.361. The second-order valence-electron chi connectivity index (χ2n) is 3.73. The second kappa shape index (κ2) is 8.50. The Morgan fingerprint density at radius 2 is 2.00 bits per heavy atom. The molecule has 0 atom stereocenters. The lowest BCUT2D eigenvalue weighted by Gasteiger charge is -2.06. The van der Waals surface area contributed by atoms with E-state index in [4.69, 9.17) is 33.8 Å². The van der Waals surface area contributed by atoms with Gasteiger partial charge in [0.05, 0.1) is 22.8 Å². The minimum Gasteiger partial charge on any atom is -0.399 e. The highest BCUT2D eigenvalue weighted by Gasteiger charge is 2.08. The minimum absolute atomic E-state index is 0.361. The largest absolute Gasteiger partial charge is 0.399 e. The highest BCUT2D eigenvalue weighted by Crippen LogP contribution is 2.23. The molecule has 1 aromatic carbocycles. The first-order chi connectivity index (χ1) is 9.58.